The zero-order chi connectivity index (χ0) is 20.5. The first-order valence-electron chi connectivity index (χ1n) is 10.9. The van der Waals surface area contributed by atoms with E-state index >= 15 is 0 Å². The van der Waals surface area contributed by atoms with Crippen LogP contribution < -0.4 is 15.5 Å². The third-order valence-corrected chi connectivity index (χ3v) is 5.61. The Kier molecular flexibility index (Phi) is 7.91. The van der Waals surface area contributed by atoms with Gasteiger partial charge in [-0.25, -0.2) is 4.98 Å². The van der Waals surface area contributed by atoms with E-state index in [-0.39, 0.29) is 0 Å². The number of benzene rings is 1. The number of anilines is 1. The summed E-state index contributed by atoms with van der Waals surface area (Å²) in [6.45, 7) is 7.45. The van der Waals surface area contributed by atoms with Crippen molar-refractivity contribution in [3.8, 4) is 0 Å². The highest BCUT2D eigenvalue weighted by Crippen LogP contribution is 2.17. The van der Waals surface area contributed by atoms with Crippen LogP contribution in [-0.2, 0) is 6.42 Å². The average molecular weight is 394 g/mol. The molecule has 0 bridgehead atoms. The third kappa shape index (κ3) is 6.48. The molecule has 0 radical (unpaired) electrons. The Hall–Kier alpha value is -2.56. The van der Waals surface area contributed by atoms with Crippen LogP contribution in [-0.4, -0.2) is 43.7 Å². The monoisotopic (exact) mass is 393 g/mol. The summed E-state index contributed by atoms with van der Waals surface area (Å²) in [5.74, 6) is 2.59. The van der Waals surface area contributed by atoms with E-state index in [2.05, 4.69) is 75.8 Å². The molecule has 156 valence electrons. The van der Waals surface area contributed by atoms with E-state index < -0.39 is 0 Å². The number of hydrogen-bond acceptors (Lipinski definition) is 3. The van der Waals surface area contributed by atoms with Gasteiger partial charge in [-0.05, 0) is 54.9 Å². The lowest BCUT2D eigenvalue weighted by Crippen LogP contribution is -2.49. The fourth-order valence-electron chi connectivity index (χ4n) is 3.75. The van der Waals surface area contributed by atoms with Crippen molar-refractivity contribution >= 4 is 11.8 Å². The predicted molar refractivity (Wildman–Crippen MR) is 123 cm³/mol. The Balaban J connectivity index is 1.35. The molecule has 2 N–H and O–H groups in total. The van der Waals surface area contributed by atoms with Gasteiger partial charge < -0.3 is 15.5 Å². The maximum atomic E-state index is 4.46. The van der Waals surface area contributed by atoms with Crippen molar-refractivity contribution in [1.29, 1.82) is 0 Å². The largest absolute Gasteiger partial charge is 0.356 e. The molecule has 0 amide bonds. The van der Waals surface area contributed by atoms with Crippen molar-refractivity contribution in [2.75, 3.05) is 31.6 Å². The van der Waals surface area contributed by atoms with Gasteiger partial charge in [-0.1, -0.05) is 44.2 Å². The van der Waals surface area contributed by atoms with Gasteiger partial charge in [0.1, 0.15) is 5.82 Å². The van der Waals surface area contributed by atoms with Gasteiger partial charge in [-0.3, -0.25) is 4.99 Å². The van der Waals surface area contributed by atoms with E-state index in [1.807, 2.05) is 19.3 Å². The first kappa shape index (κ1) is 21.2. The van der Waals surface area contributed by atoms with Gasteiger partial charge in [0.2, 0.25) is 0 Å². The number of rotatable bonds is 7. The Labute approximate surface area is 175 Å². The van der Waals surface area contributed by atoms with Gasteiger partial charge >= 0.3 is 0 Å². The smallest absolute Gasteiger partial charge is 0.191 e. The van der Waals surface area contributed by atoms with Crippen LogP contribution in [0.3, 0.4) is 0 Å². The van der Waals surface area contributed by atoms with E-state index in [1.54, 1.807) is 0 Å². The van der Waals surface area contributed by atoms with Crippen LogP contribution in [0, 0.1) is 0 Å². The molecule has 1 aliphatic heterocycles. The van der Waals surface area contributed by atoms with Gasteiger partial charge in [-0.2, -0.15) is 0 Å². The van der Waals surface area contributed by atoms with Gasteiger partial charge in [0.15, 0.2) is 5.96 Å². The lowest BCUT2D eigenvalue weighted by Gasteiger charge is -2.33. The number of piperidine rings is 1. The molecule has 2 heterocycles. The zero-order valence-corrected chi connectivity index (χ0v) is 18.1. The second kappa shape index (κ2) is 10.8. The number of aryl methyl sites for hydroxylation is 1. The second-order valence-corrected chi connectivity index (χ2v) is 8.09. The summed E-state index contributed by atoms with van der Waals surface area (Å²) >= 11 is 0. The molecule has 0 unspecified atom stereocenters. The van der Waals surface area contributed by atoms with Crippen molar-refractivity contribution in [3.05, 3.63) is 59.8 Å². The van der Waals surface area contributed by atoms with Gasteiger partial charge in [0, 0.05) is 38.9 Å². The lowest BCUT2D eigenvalue weighted by molar-refractivity contribution is 0.459. The molecule has 0 aliphatic carbocycles. The minimum atomic E-state index is 0.463. The molecule has 1 saturated heterocycles. The second-order valence-electron chi connectivity index (χ2n) is 8.09. The number of guanidine groups is 1. The van der Waals surface area contributed by atoms with Crippen molar-refractivity contribution in [1.82, 2.24) is 15.6 Å². The molecule has 1 aromatic carbocycles. The summed E-state index contributed by atoms with van der Waals surface area (Å²) in [5, 5.41) is 7.06. The molecule has 0 atom stereocenters. The summed E-state index contributed by atoms with van der Waals surface area (Å²) in [5.41, 5.74) is 2.81. The Morgan fingerprint density at radius 1 is 1.14 bits per heavy atom. The summed E-state index contributed by atoms with van der Waals surface area (Å²) in [6, 6.07) is 15.6. The number of aromatic nitrogens is 1. The molecule has 1 aromatic heterocycles. The number of nitrogens with one attached hydrogen (secondary N) is 2. The molecular formula is C24H35N5. The summed E-state index contributed by atoms with van der Waals surface area (Å²) in [4.78, 5) is 11.2. The van der Waals surface area contributed by atoms with Crippen LogP contribution in [0.1, 0.15) is 50.2 Å². The Bertz CT molecular complexity index is 747. The first-order chi connectivity index (χ1) is 14.2. The van der Waals surface area contributed by atoms with Crippen LogP contribution in [0.15, 0.2) is 53.7 Å². The molecule has 1 fully saturated rings. The number of pyridine rings is 1. The van der Waals surface area contributed by atoms with E-state index in [9.17, 15) is 0 Å². The number of nitrogens with zero attached hydrogens (tertiary/aromatic N) is 3. The maximum absolute atomic E-state index is 4.46. The number of aliphatic imine (C=N–C) groups is 1. The first-order valence-corrected chi connectivity index (χ1v) is 10.9. The molecule has 0 spiro atoms. The normalized spacial score (nSPS) is 15.6. The minimum Gasteiger partial charge on any atom is -0.356 e. The van der Waals surface area contributed by atoms with Gasteiger partial charge in [0.05, 0.1) is 0 Å². The standard InChI is InChI=1S/C24H35N5/c1-19(2)21-11-9-20(10-12-21)7-6-16-27-24(25-3)28-22-13-17-29(18-14-22)23-8-4-5-15-26-23/h4-5,8-12,15,19,22H,6-7,13-14,16-18H2,1-3H3,(H2,25,27,28). The van der Waals surface area contributed by atoms with Crippen molar-refractivity contribution < 1.29 is 0 Å². The summed E-state index contributed by atoms with van der Waals surface area (Å²) in [7, 11) is 1.85. The maximum Gasteiger partial charge on any atom is 0.191 e. The summed E-state index contributed by atoms with van der Waals surface area (Å²) in [6.07, 6.45) is 6.24. The van der Waals surface area contributed by atoms with Crippen LogP contribution in [0.4, 0.5) is 5.82 Å². The quantitative estimate of drug-likeness (QED) is 0.425. The average Bonchev–Trinajstić information content (AvgIpc) is 2.77. The van der Waals surface area contributed by atoms with Crippen LogP contribution in [0.25, 0.3) is 0 Å². The van der Waals surface area contributed by atoms with E-state index in [0.29, 0.717) is 12.0 Å². The molecule has 3 rings (SSSR count). The lowest BCUT2D eigenvalue weighted by atomic mass is 10.0. The third-order valence-electron chi connectivity index (χ3n) is 5.61. The molecule has 1 aliphatic rings. The van der Waals surface area contributed by atoms with Crippen LogP contribution in [0.2, 0.25) is 0 Å². The molecule has 2 aromatic rings. The van der Waals surface area contributed by atoms with Crippen molar-refractivity contribution in [3.63, 3.8) is 0 Å². The van der Waals surface area contributed by atoms with E-state index in [0.717, 1.165) is 57.1 Å². The molecule has 0 saturated carbocycles. The highest BCUT2D eigenvalue weighted by molar-refractivity contribution is 5.79. The highest BCUT2D eigenvalue weighted by Gasteiger charge is 2.20. The fourth-order valence-corrected chi connectivity index (χ4v) is 3.75. The minimum absolute atomic E-state index is 0.463. The predicted octanol–water partition coefficient (Wildman–Crippen LogP) is 3.97. The topological polar surface area (TPSA) is 52.6 Å². The van der Waals surface area contributed by atoms with E-state index in [4.69, 9.17) is 0 Å². The Morgan fingerprint density at radius 3 is 2.52 bits per heavy atom. The molecule has 5 nitrogen and oxygen atoms in total. The zero-order valence-electron chi connectivity index (χ0n) is 18.1. The molecular weight excluding hydrogens is 358 g/mol. The fraction of sp³-hybridized carbons (Fsp3) is 0.500. The SMILES string of the molecule is CN=C(NCCCc1ccc(C(C)C)cc1)NC1CCN(c2ccccn2)CC1. The van der Waals surface area contributed by atoms with Crippen molar-refractivity contribution in [2.45, 2.75) is 51.5 Å². The molecule has 29 heavy (non-hydrogen) atoms. The van der Waals surface area contributed by atoms with Crippen molar-refractivity contribution in [2.24, 2.45) is 4.99 Å². The Morgan fingerprint density at radius 2 is 1.90 bits per heavy atom. The van der Waals surface area contributed by atoms with Crippen LogP contribution >= 0.6 is 0 Å². The highest BCUT2D eigenvalue weighted by atomic mass is 15.2. The van der Waals surface area contributed by atoms with Gasteiger partial charge in [0.25, 0.3) is 0 Å². The van der Waals surface area contributed by atoms with E-state index in [1.165, 1.54) is 11.1 Å². The van der Waals surface area contributed by atoms with Gasteiger partial charge in [-0.15, -0.1) is 0 Å². The van der Waals surface area contributed by atoms with Crippen LogP contribution in [0.5, 0.6) is 0 Å². The summed E-state index contributed by atoms with van der Waals surface area (Å²) < 4.78 is 0. The number of hydrogen-bond donors (Lipinski definition) is 2. The molecule has 5 heteroatoms.